The normalized spacial score (nSPS) is 20.0. The Morgan fingerprint density at radius 1 is 1.35 bits per heavy atom. The van der Waals surface area contributed by atoms with Crippen LogP contribution in [0.3, 0.4) is 0 Å². The minimum absolute atomic E-state index is 0.168. The van der Waals surface area contributed by atoms with Crippen LogP contribution in [0, 0.1) is 0 Å². The van der Waals surface area contributed by atoms with Crippen molar-refractivity contribution in [1.29, 1.82) is 0 Å². The lowest BCUT2D eigenvalue weighted by molar-refractivity contribution is 0.597. The number of pyridine rings is 1. The summed E-state index contributed by atoms with van der Waals surface area (Å²) in [7, 11) is -2.90. The lowest BCUT2D eigenvalue weighted by atomic mass is 10.3. The molecule has 0 saturated carbocycles. The maximum absolute atomic E-state index is 11.5. The smallest absolute Gasteiger partial charge is 0.152 e. The predicted octanol–water partition coefficient (Wildman–Crippen LogP) is 2.12. The SMILES string of the molecule is O=S1(=O)CCCN(c2ncc(Br)cc2Cl)CC1. The highest BCUT2D eigenvalue weighted by Crippen LogP contribution is 2.27. The van der Waals surface area contributed by atoms with Crippen LogP contribution < -0.4 is 4.90 Å². The van der Waals surface area contributed by atoms with Crippen LogP contribution in [0.15, 0.2) is 16.7 Å². The Morgan fingerprint density at radius 2 is 2.12 bits per heavy atom. The summed E-state index contributed by atoms with van der Waals surface area (Å²) in [6.45, 7) is 1.13. The van der Waals surface area contributed by atoms with Gasteiger partial charge in [0, 0.05) is 23.8 Å². The molecule has 0 aromatic carbocycles. The molecule has 0 radical (unpaired) electrons. The fourth-order valence-electron chi connectivity index (χ4n) is 1.79. The molecule has 1 fully saturated rings. The zero-order valence-electron chi connectivity index (χ0n) is 9.07. The molecule has 0 aliphatic carbocycles. The van der Waals surface area contributed by atoms with Crippen molar-refractivity contribution in [3.63, 3.8) is 0 Å². The highest BCUT2D eigenvalue weighted by molar-refractivity contribution is 9.10. The number of aromatic nitrogens is 1. The quantitative estimate of drug-likeness (QED) is 0.786. The molecule has 1 aromatic heterocycles. The van der Waals surface area contributed by atoms with Gasteiger partial charge in [0.05, 0.1) is 16.5 Å². The summed E-state index contributed by atoms with van der Waals surface area (Å²) in [5, 5.41) is 0.540. The van der Waals surface area contributed by atoms with Crippen molar-refractivity contribution >= 4 is 43.2 Å². The molecule has 0 unspecified atom stereocenters. The first-order chi connectivity index (χ1) is 7.98. The summed E-state index contributed by atoms with van der Waals surface area (Å²) in [6.07, 6.45) is 2.29. The van der Waals surface area contributed by atoms with E-state index in [-0.39, 0.29) is 11.5 Å². The molecule has 1 aliphatic heterocycles. The third-order valence-corrected chi connectivity index (χ3v) is 5.07. The van der Waals surface area contributed by atoms with Gasteiger partial charge in [-0.3, -0.25) is 0 Å². The van der Waals surface area contributed by atoms with Gasteiger partial charge >= 0.3 is 0 Å². The van der Waals surface area contributed by atoms with Gasteiger partial charge in [-0.05, 0) is 28.4 Å². The summed E-state index contributed by atoms with van der Waals surface area (Å²) in [5.41, 5.74) is 0. The average Bonchev–Trinajstić information content (AvgIpc) is 2.40. The van der Waals surface area contributed by atoms with Crippen molar-refractivity contribution < 1.29 is 8.42 Å². The predicted molar refractivity (Wildman–Crippen MR) is 72.4 cm³/mol. The molecule has 0 spiro atoms. The third-order valence-electron chi connectivity index (χ3n) is 2.64. The fraction of sp³-hybridized carbons (Fsp3) is 0.500. The van der Waals surface area contributed by atoms with E-state index in [2.05, 4.69) is 20.9 Å². The van der Waals surface area contributed by atoms with Crippen LogP contribution in [0.25, 0.3) is 0 Å². The van der Waals surface area contributed by atoms with E-state index in [1.54, 1.807) is 12.3 Å². The minimum atomic E-state index is -2.90. The molecule has 0 amide bonds. The van der Waals surface area contributed by atoms with Gasteiger partial charge in [0.25, 0.3) is 0 Å². The van der Waals surface area contributed by atoms with E-state index in [0.717, 1.165) is 4.47 Å². The minimum Gasteiger partial charge on any atom is -0.354 e. The number of hydrogen-bond acceptors (Lipinski definition) is 4. The van der Waals surface area contributed by atoms with Crippen LogP contribution in [-0.2, 0) is 9.84 Å². The molecule has 1 aromatic rings. The van der Waals surface area contributed by atoms with Crippen molar-refractivity contribution in [3.8, 4) is 0 Å². The first kappa shape index (κ1) is 13.1. The zero-order valence-corrected chi connectivity index (χ0v) is 12.2. The Labute approximate surface area is 114 Å². The Balaban J connectivity index is 2.23. The molecule has 17 heavy (non-hydrogen) atoms. The molecular formula is C10H12BrClN2O2S. The molecule has 0 bridgehead atoms. The summed E-state index contributed by atoms with van der Waals surface area (Å²) in [4.78, 5) is 6.17. The van der Waals surface area contributed by atoms with Crippen molar-refractivity contribution in [1.82, 2.24) is 4.98 Å². The lowest BCUT2D eigenvalue weighted by Crippen LogP contribution is -2.27. The van der Waals surface area contributed by atoms with Crippen molar-refractivity contribution in [2.45, 2.75) is 6.42 Å². The maximum atomic E-state index is 11.5. The van der Waals surface area contributed by atoms with Gasteiger partial charge in [-0.15, -0.1) is 0 Å². The maximum Gasteiger partial charge on any atom is 0.152 e. The van der Waals surface area contributed by atoms with E-state index in [1.165, 1.54) is 0 Å². The molecule has 4 nitrogen and oxygen atoms in total. The third kappa shape index (κ3) is 3.33. The summed E-state index contributed by atoms with van der Waals surface area (Å²) < 4.78 is 23.8. The first-order valence-corrected chi connectivity index (χ1v) is 8.23. The van der Waals surface area contributed by atoms with E-state index in [9.17, 15) is 8.42 Å². The number of nitrogens with zero attached hydrogens (tertiary/aromatic N) is 2. The summed E-state index contributed by atoms with van der Waals surface area (Å²) >= 11 is 9.40. The Hall–Kier alpha value is -0.330. The summed E-state index contributed by atoms with van der Waals surface area (Å²) in [5.74, 6) is 1.07. The Kier molecular flexibility index (Phi) is 3.95. The second kappa shape index (κ2) is 5.12. The van der Waals surface area contributed by atoms with Crippen LogP contribution >= 0.6 is 27.5 Å². The van der Waals surface area contributed by atoms with Crippen molar-refractivity contribution in [2.75, 3.05) is 29.5 Å². The van der Waals surface area contributed by atoms with E-state index < -0.39 is 9.84 Å². The molecule has 7 heteroatoms. The molecule has 1 saturated heterocycles. The van der Waals surface area contributed by atoms with Gasteiger partial charge in [-0.2, -0.15) is 0 Å². The van der Waals surface area contributed by atoms with Gasteiger partial charge in [-0.25, -0.2) is 13.4 Å². The number of anilines is 1. The average molecular weight is 340 g/mol. The first-order valence-electron chi connectivity index (χ1n) is 5.24. The number of rotatable bonds is 1. The number of halogens is 2. The molecule has 2 rings (SSSR count). The van der Waals surface area contributed by atoms with Crippen LogP contribution in [0.1, 0.15) is 6.42 Å². The van der Waals surface area contributed by atoms with Gasteiger partial charge in [0.1, 0.15) is 5.82 Å². The van der Waals surface area contributed by atoms with E-state index in [1.807, 2.05) is 4.90 Å². The van der Waals surface area contributed by atoms with Crippen molar-refractivity contribution in [3.05, 3.63) is 21.8 Å². The monoisotopic (exact) mass is 338 g/mol. The van der Waals surface area contributed by atoms with Crippen LogP contribution in [-0.4, -0.2) is 38.0 Å². The van der Waals surface area contributed by atoms with E-state index >= 15 is 0 Å². The molecular weight excluding hydrogens is 328 g/mol. The van der Waals surface area contributed by atoms with Crippen LogP contribution in [0.5, 0.6) is 0 Å². The van der Waals surface area contributed by atoms with Gasteiger partial charge in [0.15, 0.2) is 9.84 Å². The molecule has 94 valence electrons. The Morgan fingerprint density at radius 3 is 2.82 bits per heavy atom. The largest absolute Gasteiger partial charge is 0.354 e. The molecule has 0 atom stereocenters. The van der Waals surface area contributed by atoms with Gasteiger partial charge in [-0.1, -0.05) is 11.6 Å². The Bertz CT molecular complexity index is 521. The van der Waals surface area contributed by atoms with Gasteiger partial charge < -0.3 is 4.90 Å². The van der Waals surface area contributed by atoms with Crippen molar-refractivity contribution in [2.24, 2.45) is 0 Å². The van der Waals surface area contributed by atoms with E-state index in [4.69, 9.17) is 11.6 Å². The molecule has 0 N–H and O–H groups in total. The highest BCUT2D eigenvalue weighted by atomic mass is 79.9. The van der Waals surface area contributed by atoms with Crippen LogP contribution in [0.2, 0.25) is 5.02 Å². The molecule has 2 heterocycles. The molecule has 1 aliphatic rings. The highest BCUT2D eigenvalue weighted by Gasteiger charge is 2.21. The number of hydrogen-bond donors (Lipinski definition) is 0. The lowest BCUT2D eigenvalue weighted by Gasteiger charge is -2.21. The second-order valence-corrected chi connectivity index (χ2v) is 7.58. The van der Waals surface area contributed by atoms with E-state index in [0.29, 0.717) is 30.4 Å². The zero-order chi connectivity index (χ0) is 12.5. The van der Waals surface area contributed by atoms with Gasteiger partial charge in [0.2, 0.25) is 0 Å². The second-order valence-electron chi connectivity index (χ2n) is 3.95. The van der Waals surface area contributed by atoms with Crippen LogP contribution in [0.4, 0.5) is 5.82 Å². The fourth-order valence-corrected chi connectivity index (χ4v) is 3.81. The topological polar surface area (TPSA) is 50.3 Å². The summed E-state index contributed by atoms with van der Waals surface area (Å²) in [6, 6.07) is 1.77. The number of sulfone groups is 1. The standard InChI is InChI=1S/C10H12BrClN2O2S/c11-8-6-9(12)10(13-7-8)14-2-1-4-17(15,16)5-3-14/h6-7H,1-5H2.